The van der Waals surface area contributed by atoms with Gasteiger partial charge in [0.2, 0.25) is 5.91 Å². The Bertz CT molecular complexity index is 786. The molecule has 0 bridgehead atoms. The van der Waals surface area contributed by atoms with Crippen LogP contribution in [-0.4, -0.2) is 41.9 Å². The Morgan fingerprint density at radius 2 is 1.26 bits per heavy atom. The van der Waals surface area contributed by atoms with E-state index < -0.39 is 28.0 Å². The molecule has 6 nitrogen and oxygen atoms in total. The van der Waals surface area contributed by atoms with Crippen molar-refractivity contribution in [1.29, 1.82) is 0 Å². The molecule has 0 radical (unpaired) electrons. The van der Waals surface area contributed by atoms with Crippen molar-refractivity contribution in [3.63, 3.8) is 0 Å². The summed E-state index contributed by atoms with van der Waals surface area (Å²) < 4.78 is 32.0. The number of aliphatic hydroxyl groups is 1. The van der Waals surface area contributed by atoms with Crippen LogP contribution in [0.25, 0.3) is 0 Å². The number of nitrogens with one attached hydrogen (secondary N) is 1. The highest BCUT2D eigenvalue weighted by Gasteiger charge is 2.24. The lowest BCUT2D eigenvalue weighted by Crippen LogP contribution is -2.46. The van der Waals surface area contributed by atoms with Crippen LogP contribution < -0.4 is 5.32 Å². The van der Waals surface area contributed by atoms with E-state index in [1.54, 1.807) is 6.08 Å². The van der Waals surface area contributed by atoms with Crippen LogP contribution in [0.2, 0.25) is 0 Å². The molecule has 0 aromatic carbocycles. The number of hydrogen-bond donors (Lipinski definition) is 3. The van der Waals surface area contributed by atoms with Gasteiger partial charge >= 0.3 is 0 Å². The predicted molar refractivity (Wildman–Crippen MR) is 161 cm³/mol. The summed E-state index contributed by atoms with van der Waals surface area (Å²) in [4.78, 5) is 12.3. The van der Waals surface area contributed by atoms with Crippen LogP contribution in [0.3, 0.4) is 0 Å². The van der Waals surface area contributed by atoms with Gasteiger partial charge in [-0.25, -0.2) is 0 Å². The highest BCUT2D eigenvalue weighted by Crippen LogP contribution is 2.09. The number of allylic oxidation sites excluding steroid dienone is 7. The Hall–Kier alpha value is -1.70. The second kappa shape index (κ2) is 25.6. The van der Waals surface area contributed by atoms with Gasteiger partial charge in [-0.2, -0.15) is 8.42 Å². The Balaban J connectivity index is 4.08. The van der Waals surface area contributed by atoms with E-state index in [1.807, 2.05) is 0 Å². The third kappa shape index (κ3) is 25.9. The maximum atomic E-state index is 12.3. The van der Waals surface area contributed by atoms with Crippen molar-refractivity contribution in [2.45, 2.75) is 135 Å². The summed E-state index contributed by atoms with van der Waals surface area (Å²) in [6, 6.07) is -1.08. The molecule has 0 saturated carbocycles. The summed E-state index contributed by atoms with van der Waals surface area (Å²) in [5.41, 5.74) is 0. The number of carbonyl (C=O) groups is 1. The molecule has 0 aliphatic carbocycles. The van der Waals surface area contributed by atoms with Crippen LogP contribution in [0, 0.1) is 0 Å². The number of aliphatic hydroxyl groups excluding tert-OH is 1. The molecule has 2 atom stereocenters. The summed E-state index contributed by atoms with van der Waals surface area (Å²) in [6.45, 7) is 4.34. The van der Waals surface area contributed by atoms with Gasteiger partial charge in [0.1, 0.15) is 0 Å². The largest absolute Gasteiger partial charge is 0.387 e. The van der Waals surface area contributed by atoms with Gasteiger partial charge in [0.25, 0.3) is 10.1 Å². The molecule has 0 rings (SSSR count). The number of hydrogen-bond acceptors (Lipinski definition) is 4. The first-order valence-electron chi connectivity index (χ1n) is 14.8. The average molecular weight is 554 g/mol. The second-order valence-corrected chi connectivity index (χ2v) is 11.5. The van der Waals surface area contributed by atoms with Crippen molar-refractivity contribution in [1.82, 2.24) is 5.32 Å². The predicted octanol–water partition coefficient (Wildman–Crippen LogP) is 7.62. The number of unbranched alkanes of at least 4 members (excludes halogenated alkanes) is 11. The molecule has 7 heteroatoms. The molecule has 2 unspecified atom stereocenters. The van der Waals surface area contributed by atoms with Gasteiger partial charge in [0.05, 0.1) is 17.9 Å². The Morgan fingerprint density at radius 1 is 0.711 bits per heavy atom. The number of carbonyl (C=O) groups excluding carboxylic acids is 1. The lowest BCUT2D eigenvalue weighted by Gasteiger charge is -2.21. The average Bonchev–Trinajstić information content (AvgIpc) is 2.86. The van der Waals surface area contributed by atoms with Crippen LogP contribution in [0.15, 0.2) is 48.6 Å². The van der Waals surface area contributed by atoms with Crippen LogP contribution in [0.5, 0.6) is 0 Å². The molecule has 0 aromatic heterocycles. The molecule has 1 amide bonds. The molecule has 0 saturated heterocycles. The van der Waals surface area contributed by atoms with Crippen LogP contribution in [0.4, 0.5) is 0 Å². The van der Waals surface area contributed by atoms with E-state index >= 15 is 0 Å². The maximum absolute atomic E-state index is 12.3. The van der Waals surface area contributed by atoms with Gasteiger partial charge in [-0.05, 0) is 57.8 Å². The van der Waals surface area contributed by atoms with Gasteiger partial charge in [0, 0.05) is 6.42 Å². The van der Waals surface area contributed by atoms with E-state index in [-0.39, 0.29) is 12.3 Å². The third-order valence-electron chi connectivity index (χ3n) is 6.21. The quantitative estimate of drug-likeness (QED) is 0.0613. The minimum atomic E-state index is -4.34. The molecule has 38 heavy (non-hydrogen) atoms. The van der Waals surface area contributed by atoms with Crippen molar-refractivity contribution in [3.05, 3.63) is 48.6 Å². The lowest BCUT2D eigenvalue weighted by molar-refractivity contribution is -0.122. The van der Waals surface area contributed by atoms with Crippen molar-refractivity contribution in [2.24, 2.45) is 0 Å². The fourth-order valence-electron chi connectivity index (χ4n) is 3.97. The molecule has 0 spiro atoms. The fourth-order valence-corrected chi connectivity index (χ4v) is 4.70. The van der Waals surface area contributed by atoms with Gasteiger partial charge in [0.15, 0.2) is 0 Å². The topological polar surface area (TPSA) is 104 Å². The summed E-state index contributed by atoms with van der Waals surface area (Å²) in [5.74, 6) is -1.03. The fraction of sp³-hybridized carbons (Fsp3) is 0.710. The zero-order valence-electron chi connectivity index (χ0n) is 24.0. The van der Waals surface area contributed by atoms with Crippen LogP contribution in [-0.2, 0) is 14.9 Å². The van der Waals surface area contributed by atoms with Gasteiger partial charge in [-0.15, -0.1) is 0 Å². The molecular formula is C31H55NO5S. The monoisotopic (exact) mass is 553 g/mol. The molecular weight excluding hydrogens is 498 g/mol. The van der Waals surface area contributed by atoms with E-state index in [0.717, 1.165) is 57.8 Å². The van der Waals surface area contributed by atoms with Crippen LogP contribution in [0.1, 0.15) is 123 Å². The lowest BCUT2D eigenvalue weighted by atomic mass is 10.1. The number of amides is 1. The first-order chi connectivity index (χ1) is 18.3. The smallest absolute Gasteiger partial charge is 0.267 e. The summed E-state index contributed by atoms with van der Waals surface area (Å²) >= 11 is 0. The maximum Gasteiger partial charge on any atom is 0.267 e. The first kappa shape index (κ1) is 36.3. The minimum absolute atomic E-state index is 0.269. The summed E-state index contributed by atoms with van der Waals surface area (Å²) in [5, 5.41) is 13.0. The third-order valence-corrected chi connectivity index (χ3v) is 6.99. The zero-order chi connectivity index (χ0) is 28.3. The first-order valence-corrected chi connectivity index (χ1v) is 16.4. The van der Waals surface area contributed by atoms with Crippen molar-refractivity contribution in [2.75, 3.05) is 5.75 Å². The second-order valence-electron chi connectivity index (χ2n) is 10.0. The summed E-state index contributed by atoms with van der Waals surface area (Å²) in [7, 11) is -4.34. The van der Waals surface area contributed by atoms with Crippen molar-refractivity contribution >= 4 is 16.0 Å². The zero-order valence-corrected chi connectivity index (χ0v) is 24.8. The number of rotatable bonds is 25. The standard InChI is InChI=1S/C31H55NO5S/c1-3-5-7-9-11-12-13-14-15-16-17-18-19-21-23-25-27-31(34)32-29(28-38(35,36)37)30(33)26-24-22-20-10-8-6-4-2/h8,10,12-13,15-16,24,26,29-30,33H,3-7,9,11,14,17-23,25,27-28H2,1-2H3,(H,32,34)(H,35,36,37)/b10-8+,13-12-,16-15-,26-24+. The highest BCUT2D eigenvalue weighted by atomic mass is 32.2. The highest BCUT2D eigenvalue weighted by molar-refractivity contribution is 7.85. The molecule has 3 N–H and O–H groups in total. The molecule has 0 aliphatic rings. The van der Waals surface area contributed by atoms with Gasteiger partial charge in [-0.1, -0.05) is 107 Å². The molecule has 0 aliphatic heterocycles. The molecule has 0 aromatic rings. The molecule has 220 valence electrons. The van der Waals surface area contributed by atoms with Gasteiger partial charge in [-0.3, -0.25) is 9.35 Å². The normalized spacial score (nSPS) is 14.3. The minimum Gasteiger partial charge on any atom is -0.387 e. The van der Waals surface area contributed by atoms with Crippen LogP contribution >= 0.6 is 0 Å². The van der Waals surface area contributed by atoms with E-state index in [9.17, 15) is 22.9 Å². The van der Waals surface area contributed by atoms with E-state index in [0.29, 0.717) is 12.8 Å². The van der Waals surface area contributed by atoms with E-state index in [4.69, 9.17) is 0 Å². The van der Waals surface area contributed by atoms with E-state index in [2.05, 4.69) is 55.6 Å². The van der Waals surface area contributed by atoms with Gasteiger partial charge < -0.3 is 10.4 Å². The van der Waals surface area contributed by atoms with Crippen molar-refractivity contribution in [3.8, 4) is 0 Å². The Labute approximate surface area is 233 Å². The Kier molecular flexibility index (Phi) is 24.4. The van der Waals surface area contributed by atoms with Crippen molar-refractivity contribution < 1.29 is 22.9 Å². The summed E-state index contributed by atoms with van der Waals surface area (Å²) in [6.07, 6.45) is 32.6. The van der Waals surface area contributed by atoms with E-state index in [1.165, 1.54) is 38.2 Å². The Morgan fingerprint density at radius 3 is 1.89 bits per heavy atom. The SMILES string of the molecule is CCC/C=C/CC/C=C/C(O)C(CS(=O)(=O)O)NC(=O)CCCCCCC/C=C\C/C=C\CCCCCC. The molecule has 0 fully saturated rings. The molecule has 0 heterocycles.